The Morgan fingerprint density at radius 3 is 2.03 bits per heavy atom. The molecule has 0 aliphatic carbocycles. The first-order valence-corrected chi connectivity index (χ1v) is 14.0. The van der Waals surface area contributed by atoms with Gasteiger partial charge in [0.2, 0.25) is 5.95 Å². The number of thiazole rings is 1. The molecule has 0 atom stereocenters. The highest BCUT2D eigenvalue weighted by Gasteiger charge is 2.26. The summed E-state index contributed by atoms with van der Waals surface area (Å²) in [5.41, 5.74) is 1.67. The predicted octanol–water partition coefficient (Wildman–Crippen LogP) is 3.86. The normalized spacial score (nSPS) is 18.1. The van der Waals surface area contributed by atoms with Crippen molar-refractivity contribution in [3.8, 4) is 17.0 Å². The molecular weight excluding hydrogens is 488 g/mol. The van der Waals surface area contributed by atoms with E-state index in [0.29, 0.717) is 18.2 Å². The van der Waals surface area contributed by atoms with Crippen LogP contribution in [0, 0.1) is 0 Å². The van der Waals surface area contributed by atoms with Crippen molar-refractivity contribution < 1.29 is 9.90 Å². The van der Waals surface area contributed by atoms with E-state index in [1.54, 1.807) is 12.1 Å². The van der Waals surface area contributed by atoms with Crippen LogP contribution in [0.5, 0.6) is 5.75 Å². The number of urea groups is 1. The van der Waals surface area contributed by atoms with Crippen LogP contribution in [0.1, 0.15) is 25.7 Å². The lowest BCUT2D eigenvalue weighted by Crippen LogP contribution is -2.50. The molecule has 3 aromatic rings. The van der Waals surface area contributed by atoms with Crippen LogP contribution in [0.2, 0.25) is 0 Å². The molecule has 3 aliphatic rings. The Kier molecular flexibility index (Phi) is 6.69. The number of nitrogens with one attached hydrogen (secondary N) is 1. The number of nitrogens with zero attached hydrogens (tertiary/aromatic N) is 7. The van der Waals surface area contributed by atoms with Gasteiger partial charge in [0.05, 0.1) is 5.69 Å². The molecule has 3 aliphatic heterocycles. The summed E-state index contributed by atoms with van der Waals surface area (Å²) in [7, 11) is 0. The lowest BCUT2D eigenvalue weighted by Gasteiger charge is -2.35. The van der Waals surface area contributed by atoms with Gasteiger partial charge in [0.1, 0.15) is 17.4 Å². The molecule has 1 aromatic carbocycles. The van der Waals surface area contributed by atoms with Crippen molar-refractivity contribution in [1.82, 2.24) is 19.9 Å². The number of rotatable bonds is 5. The molecule has 37 heavy (non-hydrogen) atoms. The second-order valence-electron chi connectivity index (χ2n) is 9.76. The highest BCUT2D eigenvalue weighted by Crippen LogP contribution is 2.29. The monoisotopic (exact) mass is 520 g/mol. The van der Waals surface area contributed by atoms with E-state index >= 15 is 0 Å². The third kappa shape index (κ3) is 5.27. The van der Waals surface area contributed by atoms with Crippen molar-refractivity contribution in [3.63, 3.8) is 0 Å². The Labute approximate surface area is 220 Å². The van der Waals surface area contributed by atoms with Crippen molar-refractivity contribution in [3.05, 3.63) is 35.7 Å². The second-order valence-corrected chi connectivity index (χ2v) is 10.6. The molecule has 0 spiro atoms. The van der Waals surface area contributed by atoms with Crippen LogP contribution in [0.25, 0.3) is 11.3 Å². The SMILES string of the molecule is O=C(Nc1nc(-c2ccc(O)cc2)cs1)N1CCN(c2cc(N3CCCC3)nc(N3CCCC3)n2)CC1. The maximum atomic E-state index is 12.9. The Bertz CT molecular complexity index is 1200. The molecule has 194 valence electrons. The largest absolute Gasteiger partial charge is 0.508 e. The smallest absolute Gasteiger partial charge is 0.323 e. The van der Waals surface area contributed by atoms with E-state index < -0.39 is 0 Å². The number of aromatic nitrogens is 3. The third-order valence-corrected chi connectivity index (χ3v) is 8.04. The van der Waals surface area contributed by atoms with E-state index in [4.69, 9.17) is 9.97 Å². The first-order chi connectivity index (χ1) is 18.1. The number of phenols is 1. The van der Waals surface area contributed by atoms with E-state index in [0.717, 1.165) is 68.1 Å². The molecule has 10 nitrogen and oxygen atoms in total. The third-order valence-electron chi connectivity index (χ3n) is 7.28. The van der Waals surface area contributed by atoms with Crippen LogP contribution in [-0.4, -0.2) is 83.3 Å². The molecule has 6 rings (SSSR count). The minimum absolute atomic E-state index is 0.135. The fourth-order valence-electron chi connectivity index (χ4n) is 5.14. The zero-order chi connectivity index (χ0) is 25.2. The van der Waals surface area contributed by atoms with Gasteiger partial charge < -0.3 is 24.7 Å². The fraction of sp³-hybridized carbons (Fsp3) is 0.462. The maximum absolute atomic E-state index is 12.9. The molecule has 2 amide bonds. The minimum atomic E-state index is -0.135. The van der Waals surface area contributed by atoms with Crippen LogP contribution in [0.15, 0.2) is 35.7 Å². The molecule has 2 aromatic heterocycles. The van der Waals surface area contributed by atoms with Crippen molar-refractivity contribution in [2.24, 2.45) is 0 Å². The number of phenolic OH excluding ortho intramolecular Hbond substituents is 1. The Balaban J connectivity index is 1.10. The van der Waals surface area contributed by atoms with E-state index in [9.17, 15) is 9.90 Å². The number of benzene rings is 1. The van der Waals surface area contributed by atoms with Crippen molar-refractivity contribution in [2.75, 3.05) is 72.4 Å². The van der Waals surface area contributed by atoms with Gasteiger partial charge in [-0.2, -0.15) is 9.97 Å². The quantitative estimate of drug-likeness (QED) is 0.523. The number of amides is 2. The molecule has 3 saturated heterocycles. The van der Waals surface area contributed by atoms with Gasteiger partial charge in [-0.15, -0.1) is 11.3 Å². The first-order valence-electron chi connectivity index (χ1n) is 13.1. The van der Waals surface area contributed by atoms with Crippen molar-refractivity contribution in [2.45, 2.75) is 25.7 Å². The topological polar surface area (TPSA) is 101 Å². The lowest BCUT2D eigenvalue weighted by atomic mass is 10.2. The van der Waals surface area contributed by atoms with Crippen molar-refractivity contribution in [1.29, 1.82) is 0 Å². The summed E-state index contributed by atoms with van der Waals surface area (Å²) in [4.78, 5) is 36.2. The standard InChI is InChI=1S/C26H32N8O2S/c35-20-7-5-19(6-8-20)21-18-37-25(27-21)30-26(36)34-15-13-32(14-16-34)23-17-22(31-9-1-2-10-31)28-24(29-23)33-11-3-4-12-33/h5-8,17-18,35H,1-4,9-16H2,(H,27,30,36). The van der Waals surface area contributed by atoms with Crippen molar-refractivity contribution >= 4 is 40.1 Å². The average Bonchev–Trinajstić information content (AvgIpc) is 3.72. The number of aromatic hydroxyl groups is 1. The Hall–Kier alpha value is -3.60. The van der Waals surface area contributed by atoms with E-state index in [-0.39, 0.29) is 11.8 Å². The molecule has 2 N–H and O–H groups in total. The fourth-order valence-corrected chi connectivity index (χ4v) is 5.85. The van der Waals surface area contributed by atoms with E-state index in [1.807, 2.05) is 22.4 Å². The van der Waals surface area contributed by atoms with Gasteiger partial charge in [-0.3, -0.25) is 5.32 Å². The van der Waals surface area contributed by atoms with Crippen LogP contribution in [0.3, 0.4) is 0 Å². The summed E-state index contributed by atoms with van der Waals surface area (Å²) in [5.74, 6) is 3.04. The summed E-state index contributed by atoms with van der Waals surface area (Å²) in [6, 6.07) is 8.88. The summed E-state index contributed by atoms with van der Waals surface area (Å²) < 4.78 is 0. The first kappa shape index (κ1) is 23.8. The van der Waals surface area contributed by atoms with Crippen LogP contribution in [-0.2, 0) is 0 Å². The van der Waals surface area contributed by atoms with Gasteiger partial charge in [0, 0.05) is 69.4 Å². The highest BCUT2D eigenvalue weighted by atomic mass is 32.1. The average molecular weight is 521 g/mol. The molecule has 0 unspecified atom stereocenters. The molecule has 0 bridgehead atoms. The van der Waals surface area contributed by atoms with E-state index in [2.05, 4.69) is 31.1 Å². The second kappa shape index (κ2) is 10.4. The molecule has 5 heterocycles. The molecule has 0 radical (unpaired) electrons. The number of piperazine rings is 1. The van der Waals surface area contributed by atoms with Crippen LogP contribution in [0.4, 0.5) is 27.5 Å². The highest BCUT2D eigenvalue weighted by molar-refractivity contribution is 7.14. The number of carbonyl (C=O) groups excluding carboxylic acids is 1. The number of carbonyl (C=O) groups is 1. The van der Waals surface area contributed by atoms with Gasteiger partial charge in [-0.1, -0.05) is 0 Å². The maximum Gasteiger partial charge on any atom is 0.323 e. The van der Waals surface area contributed by atoms with Gasteiger partial charge in [-0.05, 0) is 49.9 Å². The number of anilines is 4. The number of hydrogen-bond acceptors (Lipinski definition) is 9. The van der Waals surface area contributed by atoms with Gasteiger partial charge in [-0.25, -0.2) is 9.78 Å². The Morgan fingerprint density at radius 1 is 0.784 bits per heavy atom. The van der Waals surface area contributed by atoms with Gasteiger partial charge in [0.25, 0.3) is 0 Å². The zero-order valence-electron chi connectivity index (χ0n) is 20.8. The van der Waals surface area contributed by atoms with E-state index in [1.165, 1.54) is 37.0 Å². The van der Waals surface area contributed by atoms with Crippen LogP contribution < -0.4 is 20.0 Å². The molecule has 11 heteroatoms. The number of hydrogen-bond donors (Lipinski definition) is 2. The molecular formula is C26H32N8O2S. The summed E-state index contributed by atoms with van der Waals surface area (Å²) in [6.45, 7) is 6.81. The van der Waals surface area contributed by atoms with Crippen LogP contribution >= 0.6 is 11.3 Å². The Morgan fingerprint density at radius 2 is 1.38 bits per heavy atom. The lowest BCUT2D eigenvalue weighted by molar-refractivity contribution is 0.208. The van der Waals surface area contributed by atoms with Gasteiger partial charge in [0.15, 0.2) is 5.13 Å². The molecule has 0 saturated carbocycles. The predicted molar refractivity (Wildman–Crippen MR) is 147 cm³/mol. The summed E-state index contributed by atoms with van der Waals surface area (Å²) >= 11 is 1.40. The summed E-state index contributed by atoms with van der Waals surface area (Å²) in [5, 5.41) is 14.9. The zero-order valence-corrected chi connectivity index (χ0v) is 21.7. The molecule has 3 fully saturated rings. The summed E-state index contributed by atoms with van der Waals surface area (Å²) in [6.07, 6.45) is 4.80. The minimum Gasteiger partial charge on any atom is -0.508 e. The van der Waals surface area contributed by atoms with Gasteiger partial charge >= 0.3 is 6.03 Å².